The monoisotopic (exact) mass is 296 g/mol. The Kier molecular flexibility index (Phi) is 4.61. The van der Waals surface area contributed by atoms with E-state index in [0.29, 0.717) is 0 Å². The second-order valence-electron chi connectivity index (χ2n) is 3.74. The first-order chi connectivity index (χ1) is 9.18. The van der Waals surface area contributed by atoms with Gasteiger partial charge in [0.05, 0.1) is 23.1 Å². The molecule has 0 unspecified atom stereocenters. The number of hydrogen-bond donors (Lipinski definition) is 2. The molecule has 0 bridgehead atoms. The molecule has 0 saturated heterocycles. The van der Waals surface area contributed by atoms with Gasteiger partial charge >= 0.3 is 5.69 Å². The van der Waals surface area contributed by atoms with Crippen LogP contribution < -0.4 is 5.32 Å². The zero-order chi connectivity index (χ0) is 15.5. The van der Waals surface area contributed by atoms with E-state index in [1.54, 1.807) is 5.32 Å². The highest BCUT2D eigenvalue weighted by Gasteiger charge is 2.29. The topological polar surface area (TPSA) is 92.5 Å². The normalized spacial score (nSPS) is 11.2. The molecule has 2 N–H and O–H groups in total. The van der Waals surface area contributed by atoms with Crippen molar-refractivity contribution in [1.82, 2.24) is 5.32 Å². The van der Waals surface area contributed by atoms with Crippen molar-refractivity contribution < 1.29 is 32.4 Å². The lowest BCUT2D eigenvalue weighted by Gasteiger charge is -2.14. The summed E-state index contributed by atoms with van der Waals surface area (Å²) in [6, 6.07) is 0.411. The molecule has 0 aliphatic rings. The van der Waals surface area contributed by atoms with Gasteiger partial charge in [-0.2, -0.15) is 4.39 Å². The summed E-state index contributed by atoms with van der Waals surface area (Å²) in [4.78, 5) is 20.5. The largest absolute Gasteiger partial charge is 0.390 e. The zero-order valence-corrected chi connectivity index (χ0v) is 9.70. The molecule has 0 aromatic heterocycles. The van der Waals surface area contributed by atoms with Crippen LogP contribution in [0.2, 0.25) is 0 Å². The second kappa shape index (κ2) is 5.82. The quantitative estimate of drug-likeness (QED) is 0.485. The van der Waals surface area contributed by atoms with Gasteiger partial charge in [-0.25, -0.2) is 13.2 Å². The van der Waals surface area contributed by atoms with Gasteiger partial charge in [-0.15, -0.1) is 0 Å². The number of aliphatic hydroxyl groups is 1. The number of aliphatic hydroxyl groups excluding tert-OH is 1. The summed E-state index contributed by atoms with van der Waals surface area (Å²) in [5.41, 5.74) is -2.14. The molecule has 0 radical (unpaired) electrons. The van der Waals surface area contributed by atoms with E-state index in [-0.39, 0.29) is 12.1 Å². The first-order valence-corrected chi connectivity index (χ1v) is 5.08. The summed E-state index contributed by atoms with van der Waals surface area (Å²) >= 11 is 0. The summed E-state index contributed by atoms with van der Waals surface area (Å²) in [6.07, 6.45) is 0. The molecular formula is C10H8F4N2O4. The van der Waals surface area contributed by atoms with E-state index in [1.165, 1.54) is 0 Å². The Hall–Kier alpha value is -2.23. The molecule has 110 valence electrons. The van der Waals surface area contributed by atoms with Gasteiger partial charge in [0, 0.05) is 0 Å². The molecule has 0 aliphatic heterocycles. The molecule has 0 heterocycles. The fourth-order valence-corrected chi connectivity index (χ4v) is 1.21. The summed E-state index contributed by atoms with van der Waals surface area (Å²) in [5.74, 6) is -7.91. The number of benzene rings is 1. The van der Waals surface area contributed by atoms with Crippen LogP contribution in [0.25, 0.3) is 0 Å². The number of nitro groups is 1. The van der Waals surface area contributed by atoms with Crippen molar-refractivity contribution in [3.63, 3.8) is 0 Å². The lowest BCUT2D eigenvalue weighted by atomic mass is 10.1. The summed E-state index contributed by atoms with van der Waals surface area (Å²) in [7, 11) is 0. The Bertz CT molecular complexity index is 550. The van der Waals surface area contributed by atoms with Gasteiger partial charge < -0.3 is 10.4 Å². The minimum absolute atomic E-state index is 0.175. The van der Waals surface area contributed by atoms with Gasteiger partial charge in [-0.05, 0) is 6.07 Å². The molecule has 0 spiro atoms. The Labute approximate surface area is 109 Å². The van der Waals surface area contributed by atoms with Crippen molar-refractivity contribution in [3.8, 4) is 0 Å². The molecular weight excluding hydrogens is 288 g/mol. The zero-order valence-electron chi connectivity index (χ0n) is 9.70. The number of rotatable bonds is 5. The molecule has 10 heteroatoms. The predicted molar refractivity (Wildman–Crippen MR) is 57.4 cm³/mol. The van der Waals surface area contributed by atoms with Crippen molar-refractivity contribution in [2.75, 3.05) is 13.2 Å². The number of halogens is 4. The fraction of sp³-hybridized carbons (Fsp3) is 0.300. The molecule has 1 aromatic rings. The third-order valence-electron chi connectivity index (χ3n) is 2.22. The highest BCUT2D eigenvalue weighted by atomic mass is 19.3. The van der Waals surface area contributed by atoms with Crippen LogP contribution >= 0.6 is 0 Å². The number of amides is 1. The van der Waals surface area contributed by atoms with E-state index in [4.69, 9.17) is 5.11 Å². The minimum atomic E-state index is -3.62. The maximum atomic E-state index is 13.4. The van der Waals surface area contributed by atoms with Crippen molar-refractivity contribution in [2.24, 2.45) is 0 Å². The van der Waals surface area contributed by atoms with Crippen LogP contribution in [0.3, 0.4) is 0 Å². The summed E-state index contributed by atoms with van der Waals surface area (Å²) in [6.45, 7) is -2.83. The Morgan fingerprint density at radius 1 is 1.35 bits per heavy atom. The van der Waals surface area contributed by atoms with E-state index in [2.05, 4.69) is 0 Å². The fourth-order valence-electron chi connectivity index (χ4n) is 1.21. The van der Waals surface area contributed by atoms with E-state index >= 15 is 0 Å². The Balaban J connectivity index is 2.95. The first-order valence-electron chi connectivity index (χ1n) is 5.08. The van der Waals surface area contributed by atoms with Crippen molar-refractivity contribution in [1.29, 1.82) is 0 Å². The predicted octanol–water partition coefficient (Wildman–Crippen LogP) is 1.23. The van der Waals surface area contributed by atoms with E-state index in [9.17, 15) is 32.5 Å². The maximum Gasteiger partial charge on any atom is 0.307 e. The number of hydrogen-bond acceptors (Lipinski definition) is 4. The number of nitrogens with zero attached hydrogens (tertiary/aromatic N) is 1. The van der Waals surface area contributed by atoms with Crippen LogP contribution in [0, 0.1) is 21.7 Å². The third kappa shape index (κ3) is 3.63. The Morgan fingerprint density at radius 3 is 2.45 bits per heavy atom. The van der Waals surface area contributed by atoms with Crippen LogP contribution in [0.1, 0.15) is 10.4 Å². The molecule has 0 aliphatic carbocycles. The minimum Gasteiger partial charge on any atom is -0.390 e. The van der Waals surface area contributed by atoms with Crippen LogP contribution in [0.4, 0.5) is 23.2 Å². The lowest BCUT2D eigenvalue weighted by Crippen LogP contribution is -2.39. The molecule has 1 amide bonds. The number of nitro benzene ring substituents is 1. The molecule has 0 fully saturated rings. The van der Waals surface area contributed by atoms with Gasteiger partial charge in [0.15, 0.2) is 0 Å². The average Bonchev–Trinajstić information content (AvgIpc) is 2.38. The molecule has 6 nitrogen and oxygen atoms in total. The van der Waals surface area contributed by atoms with Crippen LogP contribution in [0.15, 0.2) is 12.1 Å². The van der Waals surface area contributed by atoms with Crippen LogP contribution in [-0.2, 0) is 0 Å². The number of carbonyl (C=O) groups is 1. The van der Waals surface area contributed by atoms with Crippen molar-refractivity contribution in [2.45, 2.75) is 5.92 Å². The van der Waals surface area contributed by atoms with Crippen LogP contribution in [-0.4, -0.2) is 35.0 Å². The van der Waals surface area contributed by atoms with Gasteiger partial charge in [0.25, 0.3) is 11.8 Å². The summed E-state index contributed by atoms with van der Waals surface area (Å²) in [5, 5.41) is 20.2. The van der Waals surface area contributed by atoms with Gasteiger partial charge in [-0.3, -0.25) is 14.9 Å². The lowest BCUT2D eigenvalue weighted by molar-refractivity contribution is -0.387. The molecule has 0 atom stereocenters. The Morgan fingerprint density at radius 2 is 1.95 bits per heavy atom. The number of carbonyl (C=O) groups excluding carboxylic acids is 1. The van der Waals surface area contributed by atoms with Gasteiger partial charge in [-0.1, -0.05) is 0 Å². The highest BCUT2D eigenvalue weighted by molar-refractivity contribution is 5.94. The van der Waals surface area contributed by atoms with Crippen molar-refractivity contribution in [3.05, 3.63) is 39.4 Å². The SMILES string of the molecule is O=C(NCC(F)(F)CO)c1cc(F)c([N+](=O)[O-])cc1F. The van der Waals surface area contributed by atoms with E-state index in [0.717, 1.165) is 0 Å². The second-order valence-corrected chi connectivity index (χ2v) is 3.74. The number of alkyl halides is 2. The third-order valence-corrected chi connectivity index (χ3v) is 2.22. The summed E-state index contributed by atoms with van der Waals surface area (Å²) < 4.78 is 51.9. The first kappa shape index (κ1) is 15.8. The van der Waals surface area contributed by atoms with Crippen LogP contribution in [0.5, 0.6) is 0 Å². The molecule has 0 saturated carbocycles. The number of nitrogens with one attached hydrogen (secondary N) is 1. The molecule has 20 heavy (non-hydrogen) atoms. The molecule has 1 aromatic carbocycles. The standard InChI is InChI=1S/C10H8F4N2O4/c11-6-2-8(16(19)20)7(12)1-5(6)9(18)15-3-10(13,14)4-17/h1-2,17H,3-4H2,(H,15,18). The van der Waals surface area contributed by atoms with Gasteiger partial charge in [0.2, 0.25) is 5.82 Å². The van der Waals surface area contributed by atoms with Crippen molar-refractivity contribution >= 4 is 11.6 Å². The average molecular weight is 296 g/mol. The smallest absolute Gasteiger partial charge is 0.307 e. The highest BCUT2D eigenvalue weighted by Crippen LogP contribution is 2.21. The maximum absolute atomic E-state index is 13.4. The van der Waals surface area contributed by atoms with E-state index < -0.39 is 52.8 Å². The van der Waals surface area contributed by atoms with Gasteiger partial charge in [0.1, 0.15) is 12.4 Å². The molecule has 1 rings (SSSR count). The van der Waals surface area contributed by atoms with E-state index in [1.807, 2.05) is 0 Å².